The van der Waals surface area contributed by atoms with E-state index in [1.165, 1.54) is 10.8 Å². The summed E-state index contributed by atoms with van der Waals surface area (Å²) in [5.41, 5.74) is -0.516. The standard InChI is InChI=1S/C14H15ClN2O3/c1-14(2,9-5-4-6-10(15)7-9)13(19)16-11-8-12(18)20-17(11)3/h4-8H,1-3H3,(H,16,19). The van der Waals surface area contributed by atoms with Crippen molar-refractivity contribution in [2.75, 3.05) is 5.32 Å². The molecule has 0 atom stereocenters. The van der Waals surface area contributed by atoms with Crippen LogP contribution in [0.25, 0.3) is 0 Å². The lowest BCUT2D eigenvalue weighted by Crippen LogP contribution is -2.35. The Hall–Kier alpha value is -2.01. The van der Waals surface area contributed by atoms with Crippen LogP contribution in [-0.2, 0) is 17.3 Å². The highest BCUT2D eigenvalue weighted by Crippen LogP contribution is 2.27. The van der Waals surface area contributed by atoms with E-state index in [-0.39, 0.29) is 5.91 Å². The number of anilines is 1. The van der Waals surface area contributed by atoms with Crippen LogP contribution in [-0.4, -0.2) is 10.6 Å². The Bertz CT molecular complexity index is 700. The van der Waals surface area contributed by atoms with Gasteiger partial charge in [-0.3, -0.25) is 4.79 Å². The Kier molecular flexibility index (Phi) is 3.72. The molecule has 106 valence electrons. The van der Waals surface area contributed by atoms with Gasteiger partial charge < -0.3 is 9.84 Å². The van der Waals surface area contributed by atoms with Crippen molar-refractivity contribution in [3.63, 3.8) is 0 Å². The largest absolute Gasteiger partial charge is 0.359 e. The summed E-state index contributed by atoms with van der Waals surface area (Å²) in [4.78, 5) is 23.5. The molecule has 0 radical (unpaired) electrons. The number of nitrogens with zero attached hydrogens (tertiary/aromatic N) is 1. The van der Waals surface area contributed by atoms with E-state index in [4.69, 9.17) is 16.1 Å². The second-order valence-corrected chi connectivity index (χ2v) is 5.46. The van der Waals surface area contributed by atoms with Crippen LogP contribution in [0.1, 0.15) is 19.4 Å². The van der Waals surface area contributed by atoms with Crippen molar-refractivity contribution < 1.29 is 9.32 Å². The molecule has 0 aliphatic carbocycles. The predicted molar refractivity (Wildman–Crippen MR) is 77.1 cm³/mol. The fraction of sp³-hybridized carbons (Fsp3) is 0.286. The van der Waals surface area contributed by atoms with E-state index in [2.05, 4.69) is 5.32 Å². The Morgan fingerprint density at radius 2 is 2.05 bits per heavy atom. The maximum absolute atomic E-state index is 12.4. The number of hydrogen-bond acceptors (Lipinski definition) is 3. The van der Waals surface area contributed by atoms with Gasteiger partial charge in [0.05, 0.1) is 11.5 Å². The van der Waals surface area contributed by atoms with E-state index in [0.29, 0.717) is 10.8 Å². The SMILES string of the molecule is Cn1oc(=O)cc1NC(=O)C(C)(C)c1cccc(Cl)c1. The molecule has 1 heterocycles. The molecule has 0 bridgehead atoms. The number of amides is 1. The number of aromatic nitrogens is 1. The van der Waals surface area contributed by atoms with Crippen molar-refractivity contribution in [1.82, 2.24) is 4.74 Å². The van der Waals surface area contributed by atoms with Crippen LogP contribution < -0.4 is 10.9 Å². The zero-order valence-electron chi connectivity index (χ0n) is 11.4. The van der Waals surface area contributed by atoms with Crippen LogP contribution in [0.3, 0.4) is 0 Å². The molecule has 2 aromatic rings. The minimum atomic E-state index is -0.793. The highest BCUT2D eigenvalue weighted by atomic mass is 35.5. The summed E-state index contributed by atoms with van der Waals surface area (Å²) in [6, 6.07) is 8.35. The molecule has 2 rings (SSSR count). The summed E-state index contributed by atoms with van der Waals surface area (Å²) in [7, 11) is 1.55. The van der Waals surface area contributed by atoms with Crippen LogP contribution in [0.2, 0.25) is 5.02 Å². The van der Waals surface area contributed by atoms with E-state index in [1.54, 1.807) is 39.1 Å². The maximum Gasteiger partial charge on any atom is 0.359 e. The van der Waals surface area contributed by atoms with Gasteiger partial charge in [0.2, 0.25) is 5.91 Å². The van der Waals surface area contributed by atoms with Crippen molar-refractivity contribution >= 4 is 23.3 Å². The third kappa shape index (κ3) is 2.77. The van der Waals surface area contributed by atoms with E-state index >= 15 is 0 Å². The van der Waals surface area contributed by atoms with Gasteiger partial charge in [-0.05, 0) is 31.5 Å². The van der Waals surface area contributed by atoms with Gasteiger partial charge in [0.1, 0.15) is 0 Å². The molecule has 1 amide bonds. The Morgan fingerprint density at radius 1 is 1.35 bits per heavy atom. The molecule has 0 spiro atoms. The van der Waals surface area contributed by atoms with Crippen LogP contribution in [0.4, 0.5) is 5.82 Å². The predicted octanol–water partition coefficient (Wildman–Crippen LogP) is 2.55. The molecule has 6 heteroatoms. The number of benzene rings is 1. The third-order valence-corrected chi connectivity index (χ3v) is 3.41. The molecule has 0 aliphatic heterocycles. The van der Waals surface area contributed by atoms with Crippen LogP contribution in [0.15, 0.2) is 39.6 Å². The van der Waals surface area contributed by atoms with Crippen LogP contribution >= 0.6 is 11.6 Å². The molecular formula is C14H15ClN2O3. The fourth-order valence-electron chi connectivity index (χ4n) is 1.81. The summed E-state index contributed by atoms with van der Waals surface area (Å²) in [6.45, 7) is 3.57. The Morgan fingerprint density at radius 3 is 2.60 bits per heavy atom. The lowest BCUT2D eigenvalue weighted by atomic mass is 9.84. The number of carbonyl (C=O) groups excluding carboxylic acids is 1. The molecule has 0 fully saturated rings. The van der Waals surface area contributed by atoms with E-state index in [1.807, 2.05) is 6.07 Å². The van der Waals surface area contributed by atoms with Crippen molar-refractivity contribution in [3.05, 3.63) is 51.3 Å². The first-order chi connectivity index (χ1) is 9.30. The van der Waals surface area contributed by atoms with Crippen molar-refractivity contribution in [3.8, 4) is 0 Å². The first-order valence-corrected chi connectivity index (χ1v) is 6.43. The maximum atomic E-state index is 12.4. The molecule has 1 N–H and O–H groups in total. The van der Waals surface area contributed by atoms with Crippen molar-refractivity contribution in [2.24, 2.45) is 7.05 Å². The van der Waals surface area contributed by atoms with E-state index in [9.17, 15) is 9.59 Å². The van der Waals surface area contributed by atoms with Gasteiger partial charge in [-0.1, -0.05) is 23.7 Å². The topological polar surface area (TPSA) is 64.2 Å². The van der Waals surface area contributed by atoms with Gasteiger partial charge >= 0.3 is 5.63 Å². The molecule has 20 heavy (non-hydrogen) atoms. The molecule has 1 aromatic carbocycles. The lowest BCUT2D eigenvalue weighted by molar-refractivity contribution is -0.120. The monoisotopic (exact) mass is 294 g/mol. The van der Waals surface area contributed by atoms with Gasteiger partial charge in [-0.2, -0.15) is 4.74 Å². The zero-order chi connectivity index (χ0) is 14.9. The summed E-state index contributed by atoms with van der Waals surface area (Å²) in [5.74, 6) is 0.0614. The summed E-state index contributed by atoms with van der Waals surface area (Å²) in [5, 5.41) is 3.25. The number of nitrogens with one attached hydrogen (secondary N) is 1. The summed E-state index contributed by atoms with van der Waals surface area (Å²) < 4.78 is 5.99. The highest BCUT2D eigenvalue weighted by Gasteiger charge is 2.30. The minimum Gasteiger partial charge on any atom is -0.335 e. The quantitative estimate of drug-likeness (QED) is 0.946. The summed E-state index contributed by atoms with van der Waals surface area (Å²) >= 11 is 5.95. The van der Waals surface area contributed by atoms with E-state index < -0.39 is 11.0 Å². The molecule has 1 aromatic heterocycles. The number of carbonyl (C=O) groups is 1. The first-order valence-electron chi connectivity index (χ1n) is 6.05. The third-order valence-electron chi connectivity index (χ3n) is 3.18. The van der Waals surface area contributed by atoms with Gasteiger partial charge in [-0.15, -0.1) is 0 Å². The second-order valence-electron chi connectivity index (χ2n) is 5.03. The molecule has 0 saturated carbocycles. The molecule has 0 unspecified atom stereocenters. The fourth-order valence-corrected chi connectivity index (χ4v) is 2.00. The molecular weight excluding hydrogens is 280 g/mol. The molecule has 0 aliphatic rings. The Balaban J connectivity index is 2.27. The van der Waals surface area contributed by atoms with Crippen molar-refractivity contribution in [1.29, 1.82) is 0 Å². The lowest BCUT2D eigenvalue weighted by Gasteiger charge is -2.24. The number of hydrogen-bond donors (Lipinski definition) is 1. The number of aryl methyl sites for hydroxylation is 1. The molecule has 5 nitrogen and oxygen atoms in total. The van der Waals surface area contributed by atoms with Gasteiger partial charge in [0, 0.05) is 12.1 Å². The smallest absolute Gasteiger partial charge is 0.335 e. The van der Waals surface area contributed by atoms with Crippen LogP contribution in [0, 0.1) is 0 Å². The highest BCUT2D eigenvalue weighted by molar-refractivity contribution is 6.30. The first kappa shape index (κ1) is 14.4. The zero-order valence-corrected chi connectivity index (χ0v) is 12.2. The van der Waals surface area contributed by atoms with Gasteiger partial charge in [0.15, 0.2) is 5.82 Å². The van der Waals surface area contributed by atoms with Crippen molar-refractivity contribution in [2.45, 2.75) is 19.3 Å². The van der Waals surface area contributed by atoms with E-state index in [0.717, 1.165) is 5.56 Å². The minimum absolute atomic E-state index is 0.254. The van der Waals surface area contributed by atoms with Crippen LogP contribution in [0.5, 0.6) is 0 Å². The average molecular weight is 295 g/mol. The second kappa shape index (κ2) is 5.17. The summed E-state index contributed by atoms with van der Waals surface area (Å²) in [6.07, 6.45) is 0. The van der Waals surface area contributed by atoms with Gasteiger partial charge in [0.25, 0.3) is 0 Å². The van der Waals surface area contributed by atoms with Gasteiger partial charge in [-0.25, -0.2) is 4.79 Å². The molecule has 0 saturated heterocycles. The number of rotatable bonds is 3. The normalized spacial score (nSPS) is 11.4. The number of halogens is 1. The average Bonchev–Trinajstić information content (AvgIpc) is 2.67. The Labute approximate surface area is 121 Å².